The van der Waals surface area contributed by atoms with E-state index in [0.29, 0.717) is 25.2 Å². The van der Waals surface area contributed by atoms with Crippen molar-refractivity contribution in [2.75, 3.05) is 18.0 Å². The van der Waals surface area contributed by atoms with Crippen LogP contribution in [0.3, 0.4) is 0 Å². The van der Waals surface area contributed by atoms with Crippen LogP contribution in [0.5, 0.6) is 0 Å². The molecular weight excluding hydrogens is 239 g/mol. The summed E-state index contributed by atoms with van der Waals surface area (Å²) in [6.45, 7) is 2.91. The molecule has 92 valence electrons. The Hall–Kier alpha value is -1.20. The molecule has 1 aromatic carbocycles. The van der Waals surface area contributed by atoms with E-state index in [1.54, 1.807) is 19.1 Å². The number of benzene rings is 1. The molecule has 0 radical (unpaired) electrons. The van der Waals surface area contributed by atoms with Gasteiger partial charge in [0.25, 0.3) is 0 Å². The minimum atomic E-state index is -0.736. The van der Waals surface area contributed by atoms with Crippen molar-refractivity contribution in [3.63, 3.8) is 0 Å². The molecule has 17 heavy (non-hydrogen) atoms. The van der Waals surface area contributed by atoms with E-state index in [0.717, 1.165) is 0 Å². The van der Waals surface area contributed by atoms with E-state index >= 15 is 0 Å². The Bertz CT molecular complexity index is 462. The number of thiocarbonyl (C=S) groups is 1. The van der Waals surface area contributed by atoms with E-state index in [9.17, 15) is 9.50 Å². The quantitative estimate of drug-likeness (QED) is 0.784. The van der Waals surface area contributed by atoms with Gasteiger partial charge in [-0.15, -0.1) is 0 Å². The van der Waals surface area contributed by atoms with Crippen molar-refractivity contribution in [1.29, 1.82) is 0 Å². The normalized spacial score (nSPS) is 24.1. The van der Waals surface area contributed by atoms with Crippen LogP contribution in [-0.2, 0) is 0 Å². The molecule has 2 rings (SSSR count). The van der Waals surface area contributed by atoms with Crippen LogP contribution in [0.15, 0.2) is 18.2 Å². The molecule has 1 atom stereocenters. The minimum Gasteiger partial charge on any atom is -0.389 e. The van der Waals surface area contributed by atoms with Gasteiger partial charge >= 0.3 is 0 Å². The lowest BCUT2D eigenvalue weighted by atomic mass is 10.1. The van der Waals surface area contributed by atoms with Crippen LogP contribution in [0.1, 0.15) is 18.9 Å². The van der Waals surface area contributed by atoms with Crippen molar-refractivity contribution in [3.05, 3.63) is 29.6 Å². The molecule has 5 heteroatoms. The highest BCUT2D eigenvalue weighted by Gasteiger charge is 2.32. The van der Waals surface area contributed by atoms with E-state index in [1.165, 1.54) is 6.07 Å². The van der Waals surface area contributed by atoms with Gasteiger partial charge in [0.1, 0.15) is 10.8 Å². The van der Waals surface area contributed by atoms with E-state index in [2.05, 4.69) is 0 Å². The summed E-state index contributed by atoms with van der Waals surface area (Å²) in [7, 11) is 0. The smallest absolute Gasteiger partial charge is 0.135 e. The first kappa shape index (κ1) is 12.3. The fraction of sp³-hybridized carbons (Fsp3) is 0.417. The molecule has 1 unspecified atom stereocenters. The summed E-state index contributed by atoms with van der Waals surface area (Å²) in [6.07, 6.45) is 0.653. The Morgan fingerprint density at radius 2 is 2.29 bits per heavy atom. The maximum Gasteiger partial charge on any atom is 0.135 e. The molecule has 1 saturated heterocycles. The molecule has 0 aliphatic carbocycles. The van der Waals surface area contributed by atoms with Crippen LogP contribution >= 0.6 is 12.2 Å². The molecule has 0 amide bonds. The highest BCUT2D eigenvalue weighted by atomic mass is 32.1. The summed E-state index contributed by atoms with van der Waals surface area (Å²) in [4.78, 5) is 1.96. The Balaban J connectivity index is 2.40. The van der Waals surface area contributed by atoms with E-state index in [4.69, 9.17) is 18.0 Å². The summed E-state index contributed by atoms with van der Waals surface area (Å²) >= 11 is 4.88. The number of hydrogen-bond acceptors (Lipinski definition) is 3. The van der Waals surface area contributed by atoms with Crippen LogP contribution in [0.2, 0.25) is 0 Å². The summed E-state index contributed by atoms with van der Waals surface area (Å²) < 4.78 is 13.7. The third-order valence-corrected chi connectivity index (χ3v) is 3.23. The Morgan fingerprint density at radius 1 is 1.59 bits per heavy atom. The standard InChI is InChI=1S/C12H15FN2OS/c1-12(16)5-6-15(7-12)9-4-2-3-8(13)10(9)11(14)17/h2-4,16H,5-7H2,1H3,(H2,14,17). The maximum absolute atomic E-state index is 13.7. The van der Waals surface area contributed by atoms with Gasteiger partial charge in [-0.3, -0.25) is 0 Å². The van der Waals surface area contributed by atoms with Crippen LogP contribution in [0.25, 0.3) is 0 Å². The van der Waals surface area contributed by atoms with Crippen LogP contribution < -0.4 is 10.6 Å². The van der Waals surface area contributed by atoms with Crippen molar-refractivity contribution >= 4 is 22.9 Å². The third kappa shape index (κ3) is 2.40. The Kier molecular flexibility index (Phi) is 3.05. The average molecular weight is 254 g/mol. The number of hydrogen-bond donors (Lipinski definition) is 2. The van der Waals surface area contributed by atoms with Gasteiger partial charge < -0.3 is 15.7 Å². The number of halogens is 1. The van der Waals surface area contributed by atoms with Gasteiger partial charge in [-0.25, -0.2) is 4.39 Å². The summed E-state index contributed by atoms with van der Waals surface area (Å²) in [5.74, 6) is -0.415. The Morgan fingerprint density at radius 3 is 2.82 bits per heavy atom. The fourth-order valence-corrected chi connectivity index (χ4v) is 2.37. The number of aliphatic hydroxyl groups is 1. The molecule has 1 fully saturated rings. The zero-order chi connectivity index (χ0) is 12.6. The molecule has 0 saturated carbocycles. The topological polar surface area (TPSA) is 49.5 Å². The van der Waals surface area contributed by atoms with Crippen molar-refractivity contribution in [2.45, 2.75) is 18.9 Å². The van der Waals surface area contributed by atoms with Gasteiger partial charge in [-0.1, -0.05) is 18.3 Å². The van der Waals surface area contributed by atoms with Gasteiger partial charge in [-0.05, 0) is 25.5 Å². The van der Waals surface area contributed by atoms with Crippen molar-refractivity contribution in [1.82, 2.24) is 0 Å². The molecule has 1 aliphatic rings. The number of rotatable bonds is 2. The average Bonchev–Trinajstić information content (AvgIpc) is 2.57. The summed E-state index contributed by atoms with van der Waals surface area (Å²) in [6, 6.07) is 4.74. The van der Waals surface area contributed by atoms with E-state index < -0.39 is 11.4 Å². The van der Waals surface area contributed by atoms with Gasteiger partial charge in [0.15, 0.2) is 0 Å². The SMILES string of the molecule is CC1(O)CCN(c2cccc(F)c2C(N)=S)C1. The van der Waals surface area contributed by atoms with Crippen molar-refractivity contribution in [3.8, 4) is 0 Å². The second-order valence-electron chi connectivity index (χ2n) is 4.67. The molecule has 0 aromatic heterocycles. The summed E-state index contributed by atoms with van der Waals surface area (Å²) in [5.41, 5.74) is 5.74. The molecule has 3 nitrogen and oxygen atoms in total. The second kappa shape index (κ2) is 4.23. The highest BCUT2D eigenvalue weighted by molar-refractivity contribution is 7.80. The summed E-state index contributed by atoms with van der Waals surface area (Å²) in [5, 5.41) is 9.93. The lowest BCUT2D eigenvalue weighted by Gasteiger charge is -2.23. The molecule has 0 spiro atoms. The first-order valence-corrected chi connectivity index (χ1v) is 5.87. The number of anilines is 1. The van der Waals surface area contributed by atoms with E-state index in [1.807, 2.05) is 4.90 Å². The molecular formula is C12H15FN2OS. The van der Waals surface area contributed by atoms with Gasteiger partial charge in [0, 0.05) is 13.1 Å². The largest absolute Gasteiger partial charge is 0.389 e. The van der Waals surface area contributed by atoms with Crippen molar-refractivity contribution < 1.29 is 9.50 Å². The van der Waals surface area contributed by atoms with Gasteiger partial charge in [-0.2, -0.15) is 0 Å². The predicted octanol–water partition coefficient (Wildman–Crippen LogP) is 1.42. The third-order valence-electron chi connectivity index (χ3n) is 3.03. The number of β-amino-alcohol motifs (C(OH)–C–C–N with tert-alkyl or cyclic N) is 1. The van der Waals surface area contributed by atoms with Crippen LogP contribution in [0.4, 0.5) is 10.1 Å². The zero-order valence-corrected chi connectivity index (χ0v) is 10.4. The minimum absolute atomic E-state index is 0.0460. The maximum atomic E-state index is 13.7. The Labute approximate surface area is 105 Å². The monoisotopic (exact) mass is 254 g/mol. The molecule has 0 bridgehead atoms. The fourth-order valence-electron chi connectivity index (χ4n) is 2.17. The predicted molar refractivity (Wildman–Crippen MR) is 69.7 cm³/mol. The number of nitrogens with zero attached hydrogens (tertiary/aromatic N) is 1. The van der Waals surface area contributed by atoms with E-state index in [-0.39, 0.29) is 10.6 Å². The molecule has 1 heterocycles. The lowest BCUT2D eigenvalue weighted by Crippen LogP contribution is -2.31. The highest BCUT2D eigenvalue weighted by Crippen LogP contribution is 2.30. The molecule has 1 aromatic rings. The van der Waals surface area contributed by atoms with Gasteiger partial charge in [0.05, 0.1) is 16.9 Å². The second-order valence-corrected chi connectivity index (χ2v) is 5.11. The first-order valence-electron chi connectivity index (χ1n) is 5.46. The van der Waals surface area contributed by atoms with Gasteiger partial charge in [0.2, 0.25) is 0 Å². The van der Waals surface area contributed by atoms with Crippen LogP contribution in [0, 0.1) is 5.82 Å². The lowest BCUT2D eigenvalue weighted by molar-refractivity contribution is 0.0839. The number of nitrogens with two attached hydrogens (primary N) is 1. The van der Waals surface area contributed by atoms with Crippen molar-refractivity contribution in [2.24, 2.45) is 5.73 Å². The van der Waals surface area contributed by atoms with Crippen LogP contribution in [-0.4, -0.2) is 28.8 Å². The first-order chi connectivity index (χ1) is 7.91. The molecule has 1 aliphatic heterocycles. The zero-order valence-electron chi connectivity index (χ0n) is 9.61. The molecule has 3 N–H and O–H groups in total.